The Bertz CT molecular complexity index is 454. The molecule has 16 heavy (non-hydrogen) atoms. The smallest absolute Gasteiger partial charge is 0.259 e. The number of carbonyl (C=O) groups is 2. The van der Waals surface area contributed by atoms with E-state index in [1.54, 1.807) is 30.3 Å². The van der Waals surface area contributed by atoms with Gasteiger partial charge >= 0.3 is 0 Å². The van der Waals surface area contributed by atoms with Crippen molar-refractivity contribution in [2.45, 2.75) is 4.71 Å². The number of amides is 1. The summed E-state index contributed by atoms with van der Waals surface area (Å²) in [6, 6.07) is 7.04. The van der Waals surface area contributed by atoms with Crippen LogP contribution in [0.1, 0.15) is 15.9 Å². The molecule has 0 aromatic heterocycles. The van der Waals surface area contributed by atoms with Crippen LogP contribution in [0, 0.1) is 0 Å². The first kappa shape index (κ1) is 11.3. The van der Waals surface area contributed by atoms with Crippen LogP contribution in [0.3, 0.4) is 0 Å². The normalized spacial score (nSPS) is 22.2. The Labute approximate surface area is 103 Å². The van der Waals surface area contributed by atoms with Gasteiger partial charge in [-0.1, -0.05) is 36.0 Å². The molecule has 1 amide bonds. The summed E-state index contributed by atoms with van der Waals surface area (Å²) in [4.78, 5) is 22.5. The largest absolute Gasteiger partial charge is 0.331 e. The van der Waals surface area contributed by atoms with Gasteiger partial charge in [0.1, 0.15) is 11.0 Å². The summed E-state index contributed by atoms with van der Waals surface area (Å²) in [5.74, 6) is -0.107. The molecule has 1 aliphatic heterocycles. The van der Waals surface area contributed by atoms with Crippen LogP contribution in [-0.4, -0.2) is 16.9 Å². The van der Waals surface area contributed by atoms with Gasteiger partial charge in [-0.3, -0.25) is 9.59 Å². The molecule has 1 aromatic carbocycles. The zero-order valence-corrected chi connectivity index (χ0v) is 9.92. The number of benzene rings is 1. The van der Waals surface area contributed by atoms with Gasteiger partial charge < -0.3 is 5.32 Å². The SMILES string of the molecule is O=Cc1ccc(/C=C2\SC(S)NC2=O)cc1. The van der Waals surface area contributed by atoms with E-state index in [1.807, 2.05) is 0 Å². The van der Waals surface area contributed by atoms with Gasteiger partial charge in [-0.05, 0) is 11.6 Å². The molecule has 1 saturated heterocycles. The molecule has 1 aromatic rings. The average Bonchev–Trinajstić information content (AvgIpc) is 2.59. The van der Waals surface area contributed by atoms with Crippen LogP contribution in [0.4, 0.5) is 0 Å². The van der Waals surface area contributed by atoms with E-state index >= 15 is 0 Å². The van der Waals surface area contributed by atoms with Crippen molar-refractivity contribution in [1.29, 1.82) is 0 Å². The summed E-state index contributed by atoms with van der Waals surface area (Å²) < 4.78 is -0.173. The molecule has 1 unspecified atom stereocenters. The van der Waals surface area contributed by atoms with Gasteiger partial charge in [0, 0.05) is 5.56 Å². The van der Waals surface area contributed by atoms with Crippen molar-refractivity contribution < 1.29 is 9.59 Å². The molecule has 3 nitrogen and oxygen atoms in total. The van der Waals surface area contributed by atoms with Crippen LogP contribution in [0.15, 0.2) is 29.2 Å². The number of aldehydes is 1. The molecule has 0 spiro atoms. The van der Waals surface area contributed by atoms with E-state index < -0.39 is 0 Å². The highest BCUT2D eigenvalue weighted by Crippen LogP contribution is 2.30. The van der Waals surface area contributed by atoms with Gasteiger partial charge in [0.25, 0.3) is 5.91 Å². The number of nitrogens with one attached hydrogen (secondary N) is 1. The minimum absolute atomic E-state index is 0.107. The van der Waals surface area contributed by atoms with Crippen LogP contribution in [-0.2, 0) is 4.79 Å². The van der Waals surface area contributed by atoms with Crippen molar-refractivity contribution in [3.63, 3.8) is 0 Å². The number of thiol groups is 1. The second kappa shape index (κ2) is 4.76. The maximum atomic E-state index is 11.4. The minimum Gasteiger partial charge on any atom is -0.331 e. The Morgan fingerprint density at radius 1 is 1.25 bits per heavy atom. The highest BCUT2D eigenvalue weighted by molar-refractivity contribution is 8.14. The summed E-state index contributed by atoms with van der Waals surface area (Å²) in [7, 11) is 0. The van der Waals surface area contributed by atoms with Gasteiger partial charge in [0.2, 0.25) is 0 Å². The minimum atomic E-state index is -0.173. The molecule has 1 atom stereocenters. The Kier molecular flexibility index (Phi) is 3.36. The van der Waals surface area contributed by atoms with Gasteiger partial charge in [0.15, 0.2) is 0 Å². The third-order valence-corrected chi connectivity index (χ3v) is 3.43. The van der Waals surface area contributed by atoms with Gasteiger partial charge in [-0.2, -0.15) is 0 Å². The van der Waals surface area contributed by atoms with Crippen LogP contribution >= 0.6 is 24.4 Å². The maximum absolute atomic E-state index is 11.4. The molecule has 1 heterocycles. The van der Waals surface area contributed by atoms with Crippen molar-refractivity contribution in [2.75, 3.05) is 0 Å². The lowest BCUT2D eigenvalue weighted by atomic mass is 10.1. The van der Waals surface area contributed by atoms with Crippen LogP contribution in [0.5, 0.6) is 0 Å². The molecular formula is C11H9NO2S2. The zero-order chi connectivity index (χ0) is 11.5. The predicted octanol–water partition coefficient (Wildman–Crippen LogP) is 1.92. The lowest BCUT2D eigenvalue weighted by Crippen LogP contribution is -2.19. The van der Waals surface area contributed by atoms with E-state index in [-0.39, 0.29) is 10.6 Å². The fourth-order valence-electron chi connectivity index (χ4n) is 1.31. The molecule has 82 valence electrons. The Balaban J connectivity index is 2.22. The molecule has 0 bridgehead atoms. The Hall–Kier alpha value is -1.20. The number of rotatable bonds is 2. The fraction of sp³-hybridized carbons (Fsp3) is 0.0909. The van der Waals surface area contributed by atoms with Crippen LogP contribution in [0.25, 0.3) is 6.08 Å². The molecule has 0 saturated carbocycles. The molecule has 1 fully saturated rings. The van der Waals surface area contributed by atoms with Crippen LogP contribution < -0.4 is 5.32 Å². The quantitative estimate of drug-likeness (QED) is 0.479. The van der Waals surface area contributed by atoms with Crippen molar-refractivity contribution in [1.82, 2.24) is 5.32 Å². The first-order valence-electron chi connectivity index (χ1n) is 4.61. The maximum Gasteiger partial charge on any atom is 0.259 e. The second-order valence-corrected chi connectivity index (χ2v) is 5.25. The molecule has 0 radical (unpaired) electrons. The standard InChI is InChI=1S/C11H9NO2S2/c13-6-8-3-1-7(2-4-8)5-9-10(14)12-11(15)16-9/h1-6,11,15H,(H,12,14)/b9-5-. The van der Waals surface area contributed by atoms with E-state index in [0.717, 1.165) is 11.8 Å². The summed E-state index contributed by atoms with van der Waals surface area (Å²) >= 11 is 5.53. The highest BCUT2D eigenvalue weighted by atomic mass is 32.2. The number of hydrogen-bond donors (Lipinski definition) is 2. The topological polar surface area (TPSA) is 46.2 Å². The lowest BCUT2D eigenvalue weighted by Gasteiger charge is -1.96. The van der Waals surface area contributed by atoms with Crippen molar-refractivity contribution in [3.05, 3.63) is 40.3 Å². The third-order valence-electron chi connectivity index (χ3n) is 2.09. The first-order valence-corrected chi connectivity index (χ1v) is 6.01. The van der Waals surface area contributed by atoms with Gasteiger partial charge in [-0.15, -0.1) is 12.6 Å². The van der Waals surface area contributed by atoms with Crippen molar-refractivity contribution >= 4 is 42.7 Å². The zero-order valence-electron chi connectivity index (χ0n) is 8.21. The molecule has 1 N–H and O–H groups in total. The fourth-order valence-corrected chi connectivity index (χ4v) is 2.54. The van der Waals surface area contributed by atoms with E-state index in [9.17, 15) is 9.59 Å². The summed E-state index contributed by atoms with van der Waals surface area (Å²) in [5.41, 5.74) is 1.52. The molecule has 2 rings (SSSR count). The summed E-state index contributed by atoms with van der Waals surface area (Å²) in [6.07, 6.45) is 2.57. The monoisotopic (exact) mass is 251 g/mol. The lowest BCUT2D eigenvalue weighted by molar-refractivity contribution is -0.116. The average molecular weight is 251 g/mol. The molecule has 5 heteroatoms. The number of thioether (sulfide) groups is 1. The second-order valence-electron chi connectivity index (χ2n) is 3.24. The predicted molar refractivity (Wildman–Crippen MR) is 68.3 cm³/mol. The van der Waals surface area contributed by atoms with Crippen molar-refractivity contribution in [2.24, 2.45) is 0 Å². The van der Waals surface area contributed by atoms with E-state index in [2.05, 4.69) is 17.9 Å². The van der Waals surface area contributed by atoms with E-state index in [1.165, 1.54) is 11.8 Å². The first-order chi connectivity index (χ1) is 7.69. The molecule has 1 aliphatic rings. The Morgan fingerprint density at radius 3 is 2.38 bits per heavy atom. The summed E-state index contributed by atoms with van der Waals surface area (Å²) in [5, 5.41) is 2.67. The van der Waals surface area contributed by atoms with Crippen molar-refractivity contribution in [3.8, 4) is 0 Å². The van der Waals surface area contributed by atoms with E-state index in [4.69, 9.17) is 0 Å². The van der Waals surface area contributed by atoms with Gasteiger partial charge in [0.05, 0.1) is 4.91 Å². The highest BCUT2D eigenvalue weighted by Gasteiger charge is 2.23. The van der Waals surface area contributed by atoms with E-state index in [0.29, 0.717) is 10.5 Å². The number of carbonyl (C=O) groups excluding carboxylic acids is 2. The third kappa shape index (κ3) is 2.48. The molecular weight excluding hydrogens is 242 g/mol. The van der Waals surface area contributed by atoms with Gasteiger partial charge in [-0.25, -0.2) is 0 Å². The Morgan fingerprint density at radius 2 is 1.88 bits per heavy atom. The summed E-state index contributed by atoms with van der Waals surface area (Å²) in [6.45, 7) is 0. The van der Waals surface area contributed by atoms with Crippen LogP contribution in [0.2, 0.25) is 0 Å². The number of hydrogen-bond acceptors (Lipinski definition) is 4. The molecule has 0 aliphatic carbocycles.